The molecule has 0 fully saturated rings. The van der Waals surface area contributed by atoms with Crippen molar-refractivity contribution in [2.75, 3.05) is 13.2 Å². The van der Waals surface area contributed by atoms with Crippen molar-refractivity contribution in [2.45, 2.75) is 289 Å². The van der Waals surface area contributed by atoms with Crippen molar-refractivity contribution < 1.29 is 24.5 Å². The Balaban J connectivity index is 3.53. The van der Waals surface area contributed by atoms with Gasteiger partial charge in [-0.05, 0) is 83.5 Å². The first-order chi connectivity index (χ1) is 31.0. The zero-order valence-electron chi connectivity index (χ0n) is 41.8. The molecule has 1 amide bonds. The highest BCUT2D eigenvalue weighted by molar-refractivity contribution is 5.76. The Morgan fingerprint density at radius 3 is 1.27 bits per heavy atom. The van der Waals surface area contributed by atoms with Gasteiger partial charge in [-0.25, -0.2) is 0 Å². The molecule has 0 aromatic rings. The molecule has 0 saturated heterocycles. The third kappa shape index (κ3) is 49.1. The number of carbonyl (C=O) groups is 2. The second kappa shape index (κ2) is 52.4. The van der Waals surface area contributed by atoms with Crippen molar-refractivity contribution in [3.63, 3.8) is 0 Å². The normalized spacial score (nSPS) is 13.0. The lowest BCUT2D eigenvalue weighted by Crippen LogP contribution is -2.45. The van der Waals surface area contributed by atoms with Crippen molar-refractivity contribution in [2.24, 2.45) is 0 Å². The number of unbranched alkanes of at least 4 members (excludes halogenated alkanes) is 34. The van der Waals surface area contributed by atoms with E-state index in [-0.39, 0.29) is 18.5 Å². The number of hydrogen-bond acceptors (Lipinski definition) is 5. The Labute approximate surface area is 391 Å². The summed E-state index contributed by atoms with van der Waals surface area (Å²) in [7, 11) is 0. The molecule has 368 valence electrons. The molecule has 0 aromatic carbocycles. The summed E-state index contributed by atoms with van der Waals surface area (Å²) in [5.41, 5.74) is 0. The van der Waals surface area contributed by atoms with Crippen molar-refractivity contribution in [1.29, 1.82) is 0 Å². The maximum absolute atomic E-state index is 12.4. The smallest absolute Gasteiger partial charge is 0.305 e. The number of rotatable bonds is 50. The van der Waals surface area contributed by atoms with Crippen molar-refractivity contribution >= 4 is 11.9 Å². The average Bonchev–Trinajstić information content (AvgIpc) is 3.28. The van der Waals surface area contributed by atoms with E-state index in [2.05, 4.69) is 55.6 Å². The van der Waals surface area contributed by atoms with Gasteiger partial charge in [0.05, 0.1) is 25.4 Å². The highest BCUT2D eigenvalue weighted by Gasteiger charge is 2.18. The monoisotopic (exact) mass is 884 g/mol. The molecule has 0 aliphatic rings. The third-order valence-corrected chi connectivity index (χ3v) is 12.3. The van der Waals surface area contributed by atoms with E-state index < -0.39 is 12.1 Å². The molecule has 0 rings (SSSR count). The fourth-order valence-corrected chi connectivity index (χ4v) is 8.07. The molecule has 0 aliphatic carbocycles. The Morgan fingerprint density at radius 1 is 0.444 bits per heavy atom. The largest absolute Gasteiger partial charge is 0.466 e. The molecule has 0 spiro atoms. The predicted octanol–water partition coefficient (Wildman–Crippen LogP) is 16.6. The Hall–Kier alpha value is -2.18. The molecular weight excluding hydrogens is 779 g/mol. The standard InChI is InChI=1S/C57H105NO5/c1-3-5-7-9-11-13-15-16-17-23-26-30-33-37-41-45-49-55(60)54(53-59)58-56(61)50-46-42-38-34-31-27-24-21-19-18-20-22-25-28-32-36-40-44-48-52-63-57(62)51-47-43-39-35-29-14-12-10-8-6-4-2/h10,12,22,25,28,32,45,49,54-55,59-60H,3-9,11,13-21,23-24,26-27,29-31,33-44,46-48,50-53H2,1-2H3,(H,58,61)/b12-10-,25-22-,32-28-,49-45+. The lowest BCUT2D eigenvalue weighted by Gasteiger charge is -2.20. The van der Waals surface area contributed by atoms with Crippen LogP contribution in [0.5, 0.6) is 0 Å². The lowest BCUT2D eigenvalue weighted by atomic mass is 10.0. The second-order valence-electron chi connectivity index (χ2n) is 18.6. The van der Waals surface area contributed by atoms with Crippen LogP contribution in [0.25, 0.3) is 0 Å². The quantitative estimate of drug-likeness (QED) is 0.0245. The summed E-state index contributed by atoms with van der Waals surface area (Å²) in [6, 6.07) is -0.636. The summed E-state index contributed by atoms with van der Waals surface area (Å²) < 4.78 is 5.42. The minimum absolute atomic E-state index is 0.0259. The summed E-state index contributed by atoms with van der Waals surface area (Å²) in [4.78, 5) is 24.4. The van der Waals surface area contributed by atoms with Crippen LogP contribution in [-0.4, -0.2) is 47.4 Å². The lowest BCUT2D eigenvalue weighted by molar-refractivity contribution is -0.143. The molecule has 6 heteroatoms. The fraction of sp³-hybridized carbons (Fsp3) is 0.825. The molecule has 0 radical (unpaired) electrons. The van der Waals surface area contributed by atoms with Crippen molar-refractivity contribution in [3.05, 3.63) is 48.6 Å². The molecule has 0 aromatic heterocycles. The van der Waals surface area contributed by atoms with Crippen LogP contribution in [-0.2, 0) is 14.3 Å². The summed E-state index contributed by atoms with van der Waals surface area (Å²) >= 11 is 0. The van der Waals surface area contributed by atoms with E-state index in [0.717, 1.165) is 77.0 Å². The van der Waals surface area contributed by atoms with Crippen LogP contribution < -0.4 is 5.32 Å². The Kier molecular flexibility index (Phi) is 50.6. The zero-order valence-corrected chi connectivity index (χ0v) is 41.8. The molecule has 0 bridgehead atoms. The maximum Gasteiger partial charge on any atom is 0.305 e. The third-order valence-electron chi connectivity index (χ3n) is 12.3. The minimum atomic E-state index is -0.852. The second-order valence-corrected chi connectivity index (χ2v) is 18.6. The predicted molar refractivity (Wildman–Crippen MR) is 273 cm³/mol. The number of nitrogens with one attached hydrogen (secondary N) is 1. The van der Waals surface area contributed by atoms with Gasteiger partial charge in [-0.1, -0.05) is 229 Å². The van der Waals surface area contributed by atoms with Gasteiger partial charge in [0.2, 0.25) is 5.91 Å². The number of allylic oxidation sites excluding steroid dienone is 7. The first kappa shape index (κ1) is 60.8. The zero-order chi connectivity index (χ0) is 45.8. The van der Waals surface area contributed by atoms with Crippen LogP contribution in [0.4, 0.5) is 0 Å². The van der Waals surface area contributed by atoms with E-state index in [1.807, 2.05) is 6.08 Å². The van der Waals surface area contributed by atoms with Gasteiger partial charge in [-0.2, -0.15) is 0 Å². The highest BCUT2D eigenvalue weighted by Crippen LogP contribution is 2.15. The van der Waals surface area contributed by atoms with Crippen LogP contribution in [0.3, 0.4) is 0 Å². The highest BCUT2D eigenvalue weighted by atomic mass is 16.5. The van der Waals surface area contributed by atoms with Gasteiger partial charge in [0.25, 0.3) is 0 Å². The summed E-state index contributed by atoms with van der Waals surface area (Å²) in [6.07, 6.45) is 65.5. The van der Waals surface area contributed by atoms with Crippen molar-refractivity contribution in [1.82, 2.24) is 5.32 Å². The van der Waals surface area contributed by atoms with Gasteiger partial charge in [0.15, 0.2) is 0 Å². The molecule has 6 nitrogen and oxygen atoms in total. The van der Waals surface area contributed by atoms with Gasteiger partial charge in [-0.3, -0.25) is 9.59 Å². The van der Waals surface area contributed by atoms with E-state index in [9.17, 15) is 19.8 Å². The molecular formula is C57H105NO5. The van der Waals surface area contributed by atoms with Gasteiger partial charge in [-0.15, -0.1) is 0 Å². The van der Waals surface area contributed by atoms with Gasteiger partial charge in [0.1, 0.15) is 0 Å². The van der Waals surface area contributed by atoms with E-state index in [4.69, 9.17) is 4.74 Å². The SMILES string of the molecule is CCCC/C=C\CCCCCCCC(=O)OCCCCC/C=C\C=C/CCCCCCCCCCCCC(=O)NC(CO)C(O)/C=C/CCCCCCCCCCCCCCCC. The molecule has 0 aliphatic heterocycles. The average molecular weight is 884 g/mol. The number of amides is 1. The fourth-order valence-electron chi connectivity index (χ4n) is 8.07. The van der Waals surface area contributed by atoms with Gasteiger partial charge < -0.3 is 20.3 Å². The number of ether oxygens (including phenoxy) is 1. The molecule has 2 unspecified atom stereocenters. The summed E-state index contributed by atoms with van der Waals surface area (Å²) in [5, 5.41) is 23.1. The summed E-state index contributed by atoms with van der Waals surface area (Å²) in [6.45, 7) is 4.82. The molecule has 3 N–H and O–H groups in total. The Bertz CT molecular complexity index is 1070. The summed E-state index contributed by atoms with van der Waals surface area (Å²) in [5.74, 6) is -0.104. The molecule has 2 atom stereocenters. The van der Waals surface area contributed by atoms with E-state index >= 15 is 0 Å². The van der Waals surface area contributed by atoms with Gasteiger partial charge >= 0.3 is 5.97 Å². The first-order valence-electron chi connectivity index (χ1n) is 27.4. The van der Waals surface area contributed by atoms with Crippen molar-refractivity contribution in [3.8, 4) is 0 Å². The molecule has 63 heavy (non-hydrogen) atoms. The van der Waals surface area contributed by atoms with E-state index in [1.165, 1.54) is 173 Å². The number of aliphatic hydroxyl groups excluding tert-OH is 2. The van der Waals surface area contributed by atoms with E-state index in [0.29, 0.717) is 19.4 Å². The van der Waals surface area contributed by atoms with Gasteiger partial charge in [0, 0.05) is 12.8 Å². The first-order valence-corrected chi connectivity index (χ1v) is 27.4. The maximum atomic E-state index is 12.4. The van der Waals surface area contributed by atoms with Crippen LogP contribution in [0.2, 0.25) is 0 Å². The number of hydrogen-bond donors (Lipinski definition) is 3. The topological polar surface area (TPSA) is 95.9 Å². The minimum Gasteiger partial charge on any atom is -0.466 e. The molecule has 0 heterocycles. The number of esters is 1. The molecule has 0 saturated carbocycles. The number of aliphatic hydroxyl groups is 2. The van der Waals surface area contributed by atoms with E-state index in [1.54, 1.807) is 6.08 Å². The Morgan fingerprint density at radius 2 is 0.810 bits per heavy atom. The van der Waals surface area contributed by atoms with Crippen LogP contribution in [0.1, 0.15) is 277 Å². The van der Waals surface area contributed by atoms with Crippen LogP contribution in [0, 0.1) is 0 Å². The van der Waals surface area contributed by atoms with Crippen LogP contribution >= 0.6 is 0 Å². The van der Waals surface area contributed by atoms with Crippen LogP contribution in [0.15, 0.2) is 48.6 Å². The number of carbonyl (C=O) groups excluding carboxylic acids is 2.